The van der Waals surface area contributed by atoms with Crippen molar-refractivity contribution in [2.45, 2.75) is 20.4 Å². The number of nitrogens with zero attached hydrogens (tertiary/aromatic N) is 2. The van der Waals surface area contributed by atoms with E-state index < -0.39 is 9.84 Å². The SMILES string of the molecule is CN=C(NCCOCCS(C)(=O)=O)NCc1sc(C)nc1C. The maximum Gasteiger partial charge on any atom is 0.191 e. The first-order valence-corrected chi connectivity index (χ1v) is 9.82. The number of rotatable bonds is 8. The van der Waals surface area contributed by atoms with Gasteiger partial charge in [-0.3, -0.25) is 4.99 Å². The summed E-state index contributed by atoms with van der Waals surface area (Å²) in [5.41, 5.74) is 1.04. The Labute approximate surface area is 136 Å². The maximum atomic E-state index is 10.9. The highest BCUT2D eigenvalue weighted by Gasteiger charge is 2.06. The minimum Gasteiger partial charge on any atom is -0.379 e. The van der Waals surface area contributed by atoms with Crippen LogP contribution in [-0.2, 0) is 21.1 Å². The molecule has 0 bridgehead atoms. The summed E-state index contributed by atoms with van der Waals surface area (Å²) in [4.78, 5) is 9.69. The summed E-state index contributed by atoms with van der Waals surface area (Å²) < 4.78 is 27.1. The van der Waals surface area contributed by atoms with Crippen LogP contribution in [0.15, 0.2) is 4.99 Å². The van der Waals surface area contributed by atoms with Crippen molar-refractivity contribution in [2.24, 2.45) is 4.99 Å². The lowest BCUT2D eigenvalue weighted by atomic mass is 10.4. The Morgan fingerprint density at radius 2 is 2.05 bits per heavy atom. The molecule has 2 N–H and O–H groups in total. The first-order chi connectivity index (χ1) is 10.3. The standard InChI is InChI=1S/C13H24N4O3S2/c1-10-12(21-11(2)17-10)9-16-13(14-3)15-5-6-20-7-8-22(4,18)19/h5-9H2,1-4H3,(H2,14,15,16). The minimum atomic E-state index is -2.96. The van der Waals surface area contributed by atoms with Crippen molar-refractivity contribution < 1.29 is 13.2 Å². The predicted molar refractivity (Wildman–Crippen MR) is 90.3 cm³/mol. The Balaban J connectivity index is 2.22. The summed E-state index contributed by atoms with van der Waals surface area (Å²) in [6, 6.07) is 0. The van der Waals surface area contributed by atoms with Crippen molar-refractivity contribution in [2.75, 3.05) is 38.8 Å². The van der Waals surface area contributed by atoms with Crippen LogP contribution < -0.4 is 10.6 Å². The van der Waals surface area contributed by atoms with E-state index in [4.69, 9.17) is 4.74 Å². The zero-order valence-corrected chi connectivity index (χ0v) is 15.1. The number of thiazole rings is 1. The fourth-order valence-electron chi connectivity index (χ4n) is 1.68. The smallest absolute Gasteiger partial charge is 0.191 e. The second-order valence-electron chi connectivity index (χ2n) is 4.84. The van der Waals surface area contributed by atoms with Crippen LogP contribution in [0, 0.1) is 13.8 Å². The van der Waals surface area contributed by atoms with Gasteiger partial charge < -0.3 is 15.4 Å². The number of sulfone groups is 1. The van der Waals surface area contributed by atoms with Crippen LogP contribution in [0.3, 0.4) is 0 Å². The highest BCUT2D eigenvalue weighted by molar-refractivity contribution is 7.90. The molecular formula is C13H24N4O3S2. The van der Waals surface area contributed by atoms with E-state index in [1.165, 1.54) is 11.1 Å². The van der Waals surface area contributed by atoms with E-state index in [9.17, 15) is 8.42 Å². The van der Waals surface area contributed by atoms with Gasteiger partial charge in [0.25, 0.3) is 0 Å². The van der Waals surface area contributed by atoms with Gasteiger partial charge in [0, 0.05) is 24.7 Å². The third-order valence-electron chi connectivity index (χ3n) is 2.78. The Morgan fingerprint density at radius 3 is 2.59 bits per heavy atom. The lowest BCUT2D eigenvalue weighted by Crippen LogP contribution is -2.38. The molecule has 1 rings (SSSR count). The van der Waals surface area contributed by atoms with Crippen molar-refractivity contribution in [1.29, 1.82) is 0 Å². The maximum absolute atomic E-state index is 10.9. The molecule has 0 saturated carbocycles. The monoisotopic (exact) mass is 348 g/mol. The molecule has 1 aromatic heterocycles. The normalized spacial score (nSPS) is 12.5. The summed E-state index contributed by atoms with van der Waals surface area (Å²) in [5, 5.41) is 7.38. The van der Waals surface area contributed by atoms with E-state index in [-0.39, 0.29) is 12.4 Å². The molecule has 0 radical (unpaired) electrons. The topological polar surface area (TPSA) is 92.7 Å². The molecule has 0 atom stereocenters. The van der Waals surface area contributed by atoms with Crippen LogP contribution in [0.5, 0.6) is 0 Å². The molecular weight excluding hydrogens is 324 g/mol. The van der Waals surface area contributed by atoms with Crippen LogP contribution in [0.25, 0.3) is 0 Å². The van der Waals surface area contributed by atoms with Gasteiger partial charge in [-0.2, -0.15) is 0 Å². The number of guanidine groups is 1. The lowest BCUT2D eigenvalue weighted by Gasteiger charge is -2.11. The number of nitrogens with one attached hydrogen (secondary N) is 2. The molecule has 0 saturated heterocycles. The van der Waals surface area contributed by atoms with Gasteiger partial charge in [-0.1, -0.05) is 0 Å². The number of aromatic nitrogens is 1. The zero-order chi connectivity index (χ0) is 16.6. The zero-order valence-electron chi connectivity index (χ0n) is 13.5. The molecule has 7 nitrogen and oxygen atoms in total. The summed E-state index contributed by atoms with van der Waals surface area (Å²) >= 11 is 1.67. The second-order valence-corrected chi connectivity index (χ2v) is 8.38. The van der Waals surface area contributed by atoms with Gasteiger partial charge >= 0.3 is 0 Å². The van der Waals surface area contributed by atoms with Crippen LogP contribution in [0.4, 0.5) is 0 Å². The molecule has 0 spiro atoms. The number of aliphatic imine (C=N–C) groups is 1. The molecule has 0 aliphatic heterocycles. The van der Waals surface area contributed by atoms with Crippen molar-refractivity contribution in [1.82, 2.24) is 15.6 Å². The van der Waals surface area contributed by atoms with Crippen LogP contribution in [0.1, 0.15) is 15.6 Å². The number of hydrogen-bond donors (Lipinski definition) is 2. The second kappa shape index (κ2) is 9.06. The minimum absolute atomic E-state index is 0.0456. The molecule has 22 heavy (non-hydrogen) atoms. The van der Waals surface area contributed by atoms with E-state index in [2.05, 4.69) is 20.6 Å². The van der Waals surface area contributed by atoms with E-state index in [1.807, 2.05) is 13.8 Å². The van der Waals surface area contributed by atoms with Crippen molar-refractivity contribution in [3.8, 4) is 0 Å². The van der Waals surface area contributed by atoms with Gasteiger partial charge in [-0.05, 0) is 13.8 Å². The van der Waals surface area contributed by atoms with Crippen LogP contribution in [0.2, 0.25) is 0 Å². The molecule has 0 aromatic carbocycles. The van der Waals surface area contributed by atoms with Crippen LogP contribution in [-0.4, -0.2) is 58.2 Å². The average molecular weight is 348 g/mol. The fraction of sp³-hybridized carbons (Fsp3) is 0.692. The molecule has 0 amide bonds. The third kappa shape index (κ3) is 7.71. The van der Waals surface area contributed by atoms with Gasteiger partial charge in [0.05, 0.1) is 36.2 Å². The molecule has 0 aliphatic carbocycles. The molecule has 1 heterocycles. The van der Waals surface area contributed by atoms with Crippen molar-refractivity contribution in [3.05, 3.63) is 15.6 Å². The summed E-state index contributed by atoms with van der Waals surface area (Å²) in [6.07, 6.45) is 1.20. The quantitative estimate of drug-likeness (QED) is 0.403. The number of ether oxygens (including phenoxy) is 1. The summed E-state index contributed by atoms with van der Waals surface area (Å²) in [6.45, 7) is 5.85. The van der Waals surface area contributed by atoms with Gasteiger partial charge in [-0.25, -0.2) is 13.4 Å². The molecule has 0 aliphatic rings. The van der Waals surface area contributed by atoms with E-state index in [0.717, 1.165) is 10.7 Å². The number of hydrogen-bond acceptors (Lipinski definition) is 6. The lowest BCUT2D eigenvalue weighted by molar-refractivity contribution is 0.154. The number of aryl methyl sites for hydroxylation is 2. The molecule has 126 valence electrons. The first kappa shape index (κ1) is 18.9. The Kier molecular flexibility index (Phi) is 7.77. The fourth-order valence-corrected chi connectivity index (χ4v) is 2.97. The Hall–Kier alpha value is -1.19. The van der Waals surface area contributed by atoms with Gasteiger partial charge in [0.15, 0.2) is 5.96 Å². The highest BCUT2D eigenvalue weighted by atomic mass is 32.2. The largest absolute Gasteiger partial charge is 0.379 e. The average Bonchev–Trinajstić information content (AvgIpc) is 2.74. The van der Waals surface area contributed by atoms with Gasteiger partial charge in [-0.15, -0.1) is 11.3 Å². The first-order valence-electron chi connectivity index (χ1n) is 6.94. The summed E-state index contributed by atoms with van der Waals surface area (Å²) in [5.74, 6) is 0.724. The van der Waals surface area contributed by atoms with E-state index in [1.54, 1.807) is 18.4 Å². The Morgan fingerprint density at radius 1 is 1.32 bits per heavy atom. The molecule has 1 aromatic rings. The van der Waals surface area contributed by atoms with Gasteiger partial charge in [0.2, 0.25) is 0 Å². The van der Waals surface area contributed by atoms with Crippen molar-refractivity contribution >= 4 is 27.1 Å². The molecule has 0 fully saturated rings. The Bertz CT molecular complexity index is 596. The highest BCUT2D eigenvalue weighted by Crippen LogP contribution is 2.16. The van der Waals surface area contributed by atoms with Crippen LogP contribution >= 0.6 is 11.3 Å². The predicted octanol–water partition coefficient (Wildman–Crippen LogP) is 0.486. The van der Waals surface area contributed by atoms with Gasteiger partial charge in [0.1, 0.15) is 9.84 Å². The third-order valence-corrected chi connectivity index (χ3v) is 4.76. The van der Waals surface area contributed by atoms with Crippen molar-refractivity contribution in [3.63, 3.8) is 0 Å². The van der Waals surface area contributed by atoms with E-state index in [0.29, 0.717) is 25.7 Å². The molecule has 9 heteroatoms. The molecule has 0 unspecified atom stereocenters. The summed E-state index contributed by atoms with van der Waals surface area (Å²) in [7, 11) is -1.26. The van der Waals surface area contributed by atoms with E-state index >= 15 is 0 Å².